The van der Waals surface area contributed by atoms with Gasteiger partial charge in [0.15, 0.2) is 0 Å². The van der Waals surface area contributed by atoms with Gasteiger partial charge in [-0.2, -0.15) is 4.80 Å². The van der Waals surface area contributed by atoms with Gasteiger partial charge < -0.3 is 4.74 Å². The zero-order chi connectivity index (χ0) is 13.1. The van der Waals surface area contributed by atoms with Gasteiger partial charge in [0.25, 0.3) is 0 Å². The smallest absolute Gasteiger partial charge is 0.205 e. The molecule has 1 aromatic heterocycles. The fourth-order valence-corrected chi connectivity index (χ4v) is 1.72. The molecule has 0 aliphatic heterocycles. The van der Waals surface area contributed by atoms with Gasteiger partial charge in [-0.05, 0) is 29.5 Å². The second kappa shape index (κ2) is 4.89. The van der Waals surface area contributed by atoms with Crippen molar-refractivity contribution in [3.8, 4) is 22.9 Å². The van der Waals surface area contributed by atoms with Crippen molar-refractivity contribution >= 4 is 0 Å². The SMILES string of the molecule is Cn1nnc(-c2cccc(Oc3ccccc3)c2)n1. The van der Waals surface area contributed by atoms with Crippen molar-refractivity contribution < 1.29 is 4.74 Å². The molecule has 0 bridgehead atoms. The summed E-state index contributed by atoms with van der Waals surface area (Å²) in [7, 11) is 1.74. The van der Waals surface area contributed by atoms with Crippen molar-refractivity contribution in [3.05, 3.63) is 54.6 Å². The van der Waals surface area contributed by atoms with Crippen LogP contribution in [0.25, 0.3) is 11.4 Å². The Kier molecular flexibility index (Phi) is 2.94. The van der Waals surface area contributed by atoms with Crippen molar-refractivity contribution in [3.63, 3.8) is 0 Å². The minimum Gasteiger partial charge on any atom is -0.457 e. The van der Waals surface area contributed by atoms with Gasteiger partial charge in [-0.15, -0.1) is 10.2 Å². The molecule has 0 atom stereocenters. The Morgan fingerprint density at radius 1 is 0.947 bits per heavy atom. The van der Waals surface area contributed by atoms with Crippen LogP contribution in [0.1, 0.15) is 0 Å². The molecule has 0 fully saturated rings. The lowest BCUT2D eigenvalue weighted by Crippen LogP contribution is -1.92. The second-order valence-electron chi connectivity index (χ2n) is 4.05. The van der Waals surface area contributed by atoms with Gasteiger partial charge in [0, 0.05) is 5.56 Å². The highest BCUT2D eigenvalue weighted by molar-refractivity contribution is 5.56. The van der Waals surface area contributed by atoms with Gasteiger partial charge in [-0.25, -0.2) is 0 Å². The predicted octanol–water partition coefficient (Wildman–Crippen LogP) is 2.67. The zero-order valence-electron chi connectivity index (χ0n) is 10.4. The number of ether oxygens (including phenoxy) is 1. The normalized spacial score (nSPS) is 10.4. The summed E-state index contributed by atoms with van der Waals surface area (Å²) in [6.07, 6.45) is 0. The third-order valence-corrected chi connectivity index (χ3v) is 2.58. The molecule has 5 heteroatoms. The molecular formula is C14H12N4O. The molecule has 0 spiro atoms. The molecule has 5 nitrogen and oxygen atoms in total. The van der Waals surface area contributed by atoms with E-state index >= 15 is 0 Å². The van der Waals surface area contributed by atoms with Crippen molar-refractivity contribution in [1.29, 1.82) is 0 Å². The Bertz CT molecular complexity index is 679. The molecule has 2 aromatic carbocycles. The number of nitrogens with zero attached hydrogens (tertiary/aromatic N) is 4. The van der Waals surface area contributed by atoms with Gasteiger partial charge in [0.1, 0.15) is 11.5 Å². The Hall–Kier alpha value is -2.69. The van der Waals surface area contributed by atoms with Crippen LogP contribution in [0.2, 0.25) is 0 Å². The van der Waals surface area contributed by atoms with Crippen molar-refractivity contribution in [2.45, 2.75) is 0 Å². The molecule has 0 aliphatic rings. The number of benzene rings is 2. The molecule has 94 valence electrons. The maximum atomic E-state index is 5.76. The molecule has 0 amide bonds. The molecular weight excluding hydrogens is 240 g/mol. The lowest BCUT2D eigenvalue weighted by atomic mass is 10.2. The van der Waals surface area contributed by atoms with Crippen LogP contribution >= 0.6 is 0 Å². The van der Waals surface area contributed by atoms with Crippen molar-refractivity contribution in [2.24, 2.45) is 7.05 Å². The molecule has 0 unspecified atom stereocenters. The van der Waals surface area contributed by atoms with Crippen LogP contribution in [0.3, 0.4) is 0 Å². The van der Waals surface area contributed by atoms with Crippen molar-refractivity contribution in [2.75, 3.05) is 0 Å². The van der Waals surface area contributed by atoms with E-state index < -0.39 is 0 Å². The van der Waals surface area contributed by atoms with Crippen LogP contribution in [0.15, 0.2) is 54.6 Å². The summed E-state index contributed by atoms with van der Waals surface area (Å²) in [5, 5.41) is 12.0. The first-order valence-corrected chi connectivity index (χ1v) is 5.88. The summed E-state index contributed by atoms with van der Waals surface area (Å²) in [4.78, 5) is 1.43. The van der Waals surface area contributed by atoms with E-state index in [1.54, 1.807) is 7.05 Å². The van der Waals surface area contributed by atoms with E-state index in [0.717, 1.165) is 17.1 Å². The van der Waals surface area contributed by atoms with Gasteiger partial charge in [0.05, 0.1) is 7.05 Å². The second-order valence-corrected chi connectivity index (χ2v) is 4.05. The number of aromatic nitrogens is 4. The quantitative estimate of drug-likeness (QED) is 0.719. The average Bonchev–Trinajstić information content (AvgIpc) is 2.87. The van der Waals surface area contributed by atoms with E-state index in [2.05, 4.69) is 15.4 Å². The van der Waals surface area contributed by atoms with E-state index in [0.29, 0.717) is 5.82 Å². The minimum atomic E-state index is 0.584. The highest BCUT2D eigenvalue weighted by Gasteiger charge is 2.05. The number of hydrogen-bond acceptors (Lipinski definition) is 4. The number of tetrazole rings is 1. The minimum absolute atomic E-state index is 0.584. The standard InChI is InChI=1S/C14H12N4O/c1-18-16-14(15-17-18)11-6-5-9-13(10-11)19-12-7-3-2-4-8-12/h2-10H,1H3. The fraction of sp³-hybridized carbons (Fsp3) is 0.0714. The maximum Gasteiger partial charge on any atom is 0.205 e. The largest absolute Gasteiger partial charge is 0.457 e. The zero-order valence-corrected chi connectivity index (χ0v) is 10.4. The fourth-order valence-electron chi connectivity index (χ4n) is 1.72. The average molecular weight is 252 g/mol. The monoisotopic (exact) mass is 252 g/mol. The van der Waals surface area contributed by atoms with Crippen LogP contribution in [-0.4, -0.2) is 20.2 Å². The van der Waals surface area contributed by atoms with Gasteiger partial charge in [-0.1, -0.05) is 30.3 Å². The van der Waals surface area contributed by atoms with Crippen molar-refractivity contribution in [1.82, 2.24) is 20.2 Å². The summed E-state index contributed by atoms with van der Waals surface area (Å²) in [5.74, 6) is 2.13. The molecule has 0 saturated heterocycles. The summed E-state index contributed by atoms with van der Waals surface area (Å²) in [6.45, 7) is 0. The van der Waals surface area contributed by atoms with Crippen LogP contribution in [0.4, 0.5) is 0 Å². The molecule has 0 aliphatic carbocycles. The first-order chi connectivity index (χ1) is 9.31. The molecule has 0 saturated carbocycles. The highest BCUT2D eigenvalue weighted by atomic mass is 16.5. The summed E-state index contributed by atoms with van der Waals surface area (Å²) >= 11 is 0. The van der Waals surface area contributed by atoms with E-state index in [9.17, 15) is 0 Å². The van der Waals surface area contributed by atoms with Gasteiger partial charge in [-0.3, -0.25) is 0 Å². The molecule has 19 heavy (non-hydrogen) atoms. The van der Waals surface area contributed by atoms with Crippen LogP contribution < -0.4 is 4.74 Å². The Labute approximate surface area is 110 Å². The Balaban J connectivity index is 1.88. The summed E-state index contributed by atoms with van der Waals surface area (Å²) in [5.41, 5.74) is 0.876. The van der Waals surface area contributed by atoms with Crippen LogP contribution in [-0.2, 0) is 7.05 Å². The van der Waals surface area contributed by atoms with Crippen LogP contribution in [0, 0.1) is 0 Å². The van der Waals surface area contributed by atoms with E-state index in [4.69, 9.17) is 4.74 Å². The summed E-state index contributed by atoms with van der Waals surface area (Å²) in [6, 6.07) is 17.3. The number of rotatable bonds is 3. The first kappa shape index (κ1) is 11.4. The molecule has 1 heterocycles. The number of aryl methyl sites for hydroxylation is 1. The Morgan fingerprint density at radius 3 is 2.47 bits per heavy atom. The molecule has 0 N–H and O–H groups in total. The molecule has 3 rings (SSSR count). The van der Waals surface area contributed by atoms with Gasteiger partial charge >= 0.3 is 0 Å². The molecule has 0 radical (unpaired) electrons. The summed E-state index contributed by atoms with van der Waals surface area (Å²) < 4.78 is 5.76. The predicted molar refractivity (Wildman–Crippen MR) is 70.8 cm³/mol. The van der Waals surface area contributed by atoms with E-state index in [1.807, 2.05) is 54.6 Å². The third kappa shape index (κ3) is 2.60. The lowest BCUT2D eigenvalue weighted by Gasteiger charge is -2.05. The first-order valence-electron chi connectivity index (χ1n) is 5.88. The Morgan fingerprint density at radius 2 is 1.74 bits per heavy atom. The highest BCUT2D eigenvalue weighted by Crippen LogP contribution is 2.25. The number of hydrogen-bond donors (Lipinski definition) is 0. The third-order valence-electron chi connectivity index (χ3n) is 2.58. The maximum absolute atomic E-state index is 5.76. The van der Waals surface area contributed by atoms with E-state index in [-0.39, 0.29) is 0 Å². The molecule has 3 aromatic rings. The number of para-hydroxylation sites is 1. The van der Waals surface area contributed by atoms with Crippen LogP contribution in [0.5, 0.6) is 11.5 Å². The van der Waals surface area contributed by atoms with E-state index in [1.165, 1.54) is 4.80 Å². The topological polar surface area (TPSA) is 52.8 Å². The van der Waals surface area contributed by atoms with Gasteiger partial charge in [0.2, 0.25) is 5.82 Å². The lowest BCUT2D eigenvalue weighted by molar-refractivity contribution is 0.483.